The van der Waals surface area contributed by atoms with Crippen molar-refractivity contribution in [3.63, 3.8) is 0 Å². The van der Waals surface area contributed by atoms with E-state index < -0.39 is 10.0 Å². The minimum atomic E-state index is -3.59. The molecule has 0 aliphatic carbocycles. The van der Waals surface area contributed by atoms with Gasteiger partial charge >= 0.3 is 0 Å². The van der Waals surface area contributed by atoms with Crippen LogP contribution >= 0.6 is 27.5 Å². The number of aromatic nitrogens is 2. The lowest BCUT2D eigenvalue weighted by Gasteiger charge is -2.30. The van der Waals surface area contributed by atoms with Gasteiger partial charge in [-0.25, -0.2) is 8.42 Å². The molecule has 1 aliphatic heterocycles. The summed E-state index contributed by atoms with van der Waals surface area (Å²) in [5.41, 5.74) is 0.832. The predicted octanol–water partition coefficient (Wildman–Crippen LogP) is 4.72. The van der Waals surface area contributed by atoms with E-state index in [-0.39, 0.29) is 10.8 Å². The highest BCUT2D eigenvalue weighted by atomic mass is 79.9. The summed E-state index contributed by atoms with van der Waals surface area (Å²) in [6.07, 6.45) is 1.52. The second kappa shape index (κ2) is 7.94. The highest BCUT2D eigenvalue weighted by Gasteiger charge is 2.33. The second-order valence-electron chi connectivity index (χ2n) is 6.59. The van der Waals surface area contributed by atoms with E-state index in [9.17, 15) is 8.42 Å². The Labute approximate surface area is 176 Å². The van der Waals surface area contributed by atoms with Gasteiger partial charge in [0.25, 0.3) is 0 Å². The summed E-state index contributed by atoms with van der Waals surface area (Å²) in [4.78, 5) is 4.75. The minimum absolute atomic E-state index is 0.139. The zero-order valence-corrected chi connectivity index (χ0v) is 17.9. The molecule has 3 aromatic rings. The number of hydrogen-bond acceptors (Lipinski definition) is 5. The summed E-state index contributed by atoms with van der Waals surface area (Å²) in [5, 5.41) is 4.58. The predicted molar refractivity (Wildman–Crippen MR) is 110 cm³/mol. The van der Waals surface area contributed by atoms with Gasteiger partial charge in [-0.2, -0.15) is 9.29 Å². The van der Waals surface area contributed by atoms with Gasteiger partial charge in [0.2, 0.25) is 21.7 Å². The van der Waals surface area contributed by atoms with Crippen molar-refractivity contribution >= 4 is 37.6 Å². The molecule has 0 spiro atoms. The summed E-state index contributed by atoms with van der Waals surface area (Å²) in [6.45, 7) is 0.773. The fourth-order valence-electron chi connectivity index (χ4n) is 3.27. The van der Waals surface area contributed by atoms with Crippen LogP contribution in [0.5, 0.6) is 0 Å². The van der Waals surface area contributed by atoms with Crippen molar-refractivity contribution in [3.05, 3.63) is 63.9 Å². The minimum Gasteiger partial charge on any atom is -0.339 e. The monoisotopic (exact) mass is 481 g/mol. The van der Waals surface area contributed by atoms with Gasteiger partial charge in [-0.15, -0.1) is 0 Å². The molecular weight excluding hydrogens is 466 g/mol. The van der Waals surface area contributed by atoms with Crippen LogP contribution in [-0.2, 0) is 10.0 Å². The van der Waals surface area contributed by atoms with Crippen molar-refractivity contribution in [1.82, 2.24) is 14.4 Å². The summed E-state index contributed by atoms with van der Waals surface area (Å²) >= 11 is 9.36. The summed E-state index contributed by atoms with van der Waals surface area (Å²) in [5.74, 6) is 0.807. The van der Waals surface area contributed by atoms with Gasteiger partial charge in [-0.1, -0.05) is 44.8 Å². The molecule has 1 fully saturated rings. The first kappa shape index (κ1) is 19.6. The van der Waals surface area contributed by atoms with E-state index in [4.69, 9.17) is 16.1 Å². The Balaban J connectivity index is 1.56. The molecule has 0 radical (unpaired) electrons. The summed E-state index contributed by atoms with van der Waals surface area (Å²) < 4.78 is 33.7. The molecule has 0 bridgehead atoms. The molecule has 2 aromatic carbocycles. The van der Waals surface area contributed by atoms with Crippen LogP contribution in [0.4, 0.5) is 0 Å². The summed E-state index contributed by atoms with van der Waals surface area (Å²) in [7, 11) is -3.59. The molecule has 146 valence electrons. The molecule has 9 heteroatoms. The normalized spacial score (nSPS) is 18.3. The van der Waals surface area contributed by atoms with E-state index in [0.29, 0.717) is 29.8 Å². The maximum atomic E-state index is 13.0. The Kier molecular flexibility index (Phi) is 5.55. The second-order valence-corrected chi connectivity index (χ2v) is 9.82. The quantitative estimate of drug-likeness (QED) is 0.538. The number of piperidine rings is 1. The molecule has 0 unspecified atom stereocenters. The topological polar surface area (TPSA) is 76.3 Å². The third-order valence-corrected chi connectivity index (χ3v) is 7.56. The SMILES string of the molecule is O=S(=O)(c1ccc(Cl)cc1)N1CCC[C@H](c2nc(-c3ccccc3Br)no2)C1. The first-order chi connectivity index (χ1) is 13.4. The van der Waals surface area contributed by atoms with Crippen LogP contribution in [0.25, 0.3) is 11.4 Å². The number of nitrogens with zero attached hydrogens (tertiary/aromatic N) is 3. The van der Waals surface area contributed by atoms with Crippen molar-refractivity contribution in [1.29, 1.82) is 0 Å². The lowest BCUT2D eigenvalue weighted by Crippen LogP contribution is -2.39. The average molecular weight is 483 g/mol. The van der Waals surface area contributed by atoms with Crippen molar-refractivity contribution in [2.75, 3.05) is 13.1 Å². The zero-order valence-electron chi connectivity index (χ0n) is 14.8. The number of halogens is 2. The van der Waals surface area contributed by atoms with Crippen LogP contribution in [0.3, 0.4) is 0 Å². The van der Waals surface area contributed by atoms with E-state index in [0.717, 1.165) is 22.9 Å². The van der Waals surface area contributed by atoms with Gasteiger partial charge in [0.15, 0.2) is 0 Å². The number of rotatable bonds is 4. The van der Waals surface area contributed by atoms with Crippen molar-refractivity contribution in [2.45, 2.75) is 23.7 Å². The third-order valence-electron chi connectivity index (χ3n) is 4.74. The Morgan fingerprint density at radius 2 is 1.89 bits per heavy atom. The van der Waals surface area contributed by atoms with Crippen molar-refractivity contribution in [2.24, 2.45) is 0 Å². The lowest BCUT2D eigenvalue weighted by atomic mass is 10.00. The lowest BCUT2D eigenvalue weighted by molar-refractivity contribution is 0.265. The van der Waals surface area contributed by atoms with Gasteiger partial charge in [0, 0.05) is 28.1 Å². The first-order valence-electron chi connectivity index (χ1n) is 8.79. The zero-order chi connectivity index (χ0) is 19.7. The molecule has 4 rings (SSSR count). The summed E-state index contributed by atoms with van der Waals surface area (Å²) in [6, 6.07) is 13.8. The molecular formula is C19H17BrClN3O3S. The maximum absolute atomic E-state index is 13.0. The van der Waals surface area contributed by atoms with Crippen LogP contribution in [0.1, 0.15) is 24.7 Å². The Bertz CT molecular complexity index is 1090. The molecule has 1 atom stereocenters. The standard InChI is InChI=1S/C19H17BrClN3O3S/c20-17-6-2-1-5-16(17)18-22-19(27-23-18)13-4-3-11-24(12-13)28(25,26)15-9-7-14(21)8-10-15/h1-2,5-10,13H,3-4,11-12H2/t13-/m0/s1. The van der Waals surface area contributed by atoms with Crippen LogP contribution in [0.15, 0.2) is 62.4 Å². The van der Waals surface area contributed by atoms with Gasteiger partial charge in [0.1, 0.15) is 0 Å². The van der Waals surface area contributed by atoms with Crippen LogP contribution in [0, 0.1) is 0 Å². The molecule has 1 saturated heterocycles. The van der Waals surface area contributed by atoms with Crippen LogP contribution < -0.4 is 0 Å². The van der Waals surface area contributed by atoms with E-state index in [1.54, 1.807) is 12.1 Å². The molecule has 1 aliphatic rings. The molecule has 6 nitrogen and oxygen atoms in total. The number of sulfonamides is 1. The van der Waals surface area contributed by atoms with Gasteiger partial charge in [0.05, 0.1) is 10.8 Å². The van der Waals surface area contributed by atoms with Gasteiger partial charge < -0.3 is 4.52 Å². The molecule has 0 amide bonds. The van der Waals surface area contributed by atoms with Gasteiger partial charge in [-0.05, 0) is 49.2 Å². The molecule has 1 aromatic heterocycles. The molecule has 0 N–H and O–H groups in total. The average Bonchev–Trinajstić information content (AvgIpc) is 3.19. The maximum Gasteiger partial charge on any atom is 0.243 e. The Hall–Kier alpha value is -1.74. The first-order valence-corrected chi connectivity index (χ1v) is 11.4. The van der Waals surface area contributed by atoms with E-state index in [1.807, 2.05) is 24.3 Å². The fraction of sp³-hybridized carbons (Fsp3) is 0.263. The van der Waals surface area contributed by atoms with Crippen molar-refractivity contribution < 1.29 is 12.9 Å². The van der Waals surface area contributed by atoms with E-state index in [2.05, 4.69) is 26.1 Å². The van der Waals surface area contributed by atoms with Crippen LogP contribution in [-0.4, -0.2) is 36.0 Å². The Morgan fingerprint density at radius 3 is 2.64 bits per heavy atom. The fourth-order valence-corrected chi connectivity index (χ4v) is 5.38. The largest absolute Gasteiger partial charge is 0.339 e. The molecule has 2 heterocycles. The number of benzene rings is 2. The van der Waals surface area contributed by atoms with E-state index >= 15 is 0 Å². The third kappa shape index (κ3) is 3.87. The van der Waals surface area contributed by atoms with E-state index in [1.165, 1.54) is 16.4 Å². The highest BCUT2D eigenvalue weighted by Crippen LogP contribution is 2.32. The molecule has 0 saturated carbocycles. The number of hydrogen-bond donors (Lipinski definition) is 0. The van der Waals surface area contributed by atoms with Crippen LogP contribution in [0.2, 0.25) is 5.02 Å². The Morgan fingerprint density at radius 1 is 1.14 bits per heavy atom. The highest BCUT2D eigenvalue weighted by molar-refractivity contribution is 9.10. The van der Waals surface area contributed by atoms with Gasteiger partial charge in [-0.3, -0.25) is 0 Å². The smallest absolute Gasteiger partial charge is 0.243 e. The molecule has 28 heavy (non-hydrogen) atoms. The van der Waals surface area contributed by atoms with Crippen molar-refractivity contribution in [3.8, 4) is 11.4 Å².